The van der Waals surface area contributed by atoms with Crippen LogP contribution in [0.15, 0.2) is 47.4 Å². The fraction of sp³-hybridized carbons (Fsp3) is 0.409. The summed E-state index contributed by atoms with van der Waals surface area (Å²) in [5.41, 5.74) is 1.04. The van der Waals surface area contributed by atoms with Crippen molar-refractivity contribution < 1.29 is 22.7 Å². The smallest absolute Gasteiger partial charge is 0.251 e. The van der Waals surface area contributed by atoms with Gasteiger partial charge in [-0.05, 0) is 55.9 Å². The highest BCUT2D eigenvalue weighted by molar-refractivity contribution is 7.89. The SMILES string of the molecule is CC(C)C(CNC(=O)c1cccc(S(=O)(=O)NCc2ccc3c(c2)OCO3)c1)N(C)C. The van der Waals surface area contributed by atoms with Gasteiger partial charge >= 0.3 is 0 Å². The quantitative estimate of drug-likeness (QED) is 0.612. The van der Waals surface area contributed by atoms with Gasteiger partial charge in [0, 0.05) is 24.7 Å². The van der Waals surface area contributed by atoms with Gasteiger partial charge in [0.05, 0.1) is 4.90 Å². The average molecular weight is 448 g/mol. The number of likely N-dealkylation sites (N-methyl/N-ethyl adjacent to an activating group) is 1. The maximum atomic E-state index is 12.8. The highest BCUT2D eigenvalue weighted by atomic mass is 32.2. The summed E-state index contributed by atoms with van der Waals surface area (Å²) in [5.74, 6) is 1.29. The lowest BCUT2D eigenvalue weighted by molar-refractivity contribution is 0.0934. The molecule has 0 saturated carbocycles. The number of hydrogen-bond donors (Lipinski definition) is 2. The Bertz CT molecular complexity index is 1030. The van der Waals surface area contributed by atoms with Crippen LogP contribution in [0.25, 0.3) is 0 Å². The van der Waals surface area contributed by atoms with E-state index in [2.05, 4.69) is 28.8 Å². The van der Waals surface area contributed by atoms with E-state index < -0.39 is 10.0 Å². The first kappa shape index (κ1) is 23.1. The van der Waals surface area contributed by atoms with Gasteiger partial charge in [-0.1, -0.05) is 26.0 Å². The Morgan fingerprint density at radius 2 is 1.84 bits per heavy atom. The van der Waals surface area contributed by atoms with E-state index in [9.17, 15) is 13.2 Å². The van der Waals surface area contributed by atoms with Gasteiger partial charge in [0.1, 0.15) is 0 Å². The van der Waals surface area contributed by atoms with E-state index in [1.807, 2.05) is 14.1 Å². The molecule has 2 aromatic carbocycles. The van der Waals surface area contributed by atoms with E-state index >= 15 is 0 Å². The van der Waals surface area contributed by atoms with Crippen molar-refractivity contribution in [2.45, 2.75) is 31.3 Å². The van der Waals surface area contributed by atoms with E-state index in [4.69, 9.17) is 9.47 Å². The Balaban J connectivity index is 1.65. The highest BCUT2D eigenvalue weighted by Gasteiger charge is 2.20. The molecule has 0 aliphatic carbocycles. The molecule has 1 aliphatic heterocycles. The van der Waals surface area contributed by atoms with Crippen LogP contribution in [-0.4, -0.2) is 52.7 Å². The Morgan fingerprint density at radius 1 is 1.10 bits per heavy atom. The van der Waals surface area contributed by atoms with Gasteiger partial charge in [0.25, 0.3) is 5.91 Å². The van der Waals surface area contributed by atoms with Crippen molar-refractivity contribution in [3.05, 3.63) is 53.6 Å². The number of carbonyl (C=O) groups is 1. The summed E-state index contributed by atoms with van der Waals surface area (Å²) in [4.78, 5) is 14.7. The molecule has 1 heterocycles. The molecule has 0 radical (unpaired) electrons. The molecule has 3 rings (SSSR count). The Kier molecular flexibility index (Phi) is 7.19. The van der Waals surface area contributed by atoms with Crippen LogP contribution >= 0.6 is 0 Å². The van der Waals surface area contributed by atoms with Gasteiger partial charge in [-0.2, -0.15) is 0 Å². The van der Waals surface area contributed by atoms with E-state index in [0.717, 1.165) is 5.56 Å². The molecule has 0 bridgehead atoms. The lowest BCUT2D eigenvalue weighted by Gasteiger charge is -2.28. The number of benzene rings is 2. The second-order valence-corrected chi connectivity index (χ2v) is 9.79. The number of sulfonamides is 1. The molecule has 0 fully saturated rings. The van der Waals surface area contributed by atoms with Crippen LogP contribution in [0.5, 0.6) is 11.5 Å². The first-order valence-electron chi connectivity index (χ1n) is 10.1. The van der Waals surface area contributed by atoms with E-state index in [1.54, 1.807) is 30.3 Å². The third-order valence-corrected chi connectivity index (χ3v) is 6.61. The van der Waals surface area contributed by atoms with Gasteiger partial charge in [-0.25, -0.2) is 13.1 Å². The molecule has 1 atom stereocenters. The molecule has 0 spiro atoms. The Labute approximate surface area is 183 Å². The summed E-state index contributed by atoms with van der Waals surface area (Å²) >= 11 is 0. The van der Waals surface area contributed by atoms with E-state index in [1.165, 1.54) is 12.1 Å². The van der Waals surface area contributed by atoms with Crippen molar-refractivity contribution in [1.82, 2.24) is 14.9 Å². The number of amides is 1. The molecule has 168 valence electrons. The molecule has 9 heteroatoms. The molecular weight excluding hydrogens is 418 g/mol. The monoisotopic (exact) mass is 447 g/mol. The van der Waals surface area contributed by atoms with Crippen molar-refractivity contribution in [2.75, 3.05) is 27.4 Å². The predicted molar refractivity (Wildman–Crippen MR) is 118 cm³/mol. The largest absolute Gasteiger partial charge is 0.454 e. The number of carbonyl (C=O) groups excluding carboxylic acids is 1. The van der Waals surface area contributed by atoms with Crippen molar-refractivity contribution in [2.24, 2.45) is 5.92 Å². The number of fused-ring (bicyclic) bond motifs is 1. The van der Waals surface area contributed by atoms with Gasteiger partial charge < -0.3 is 19.7 Å². The summed E-state index contributed by atoms with van der Waals surface area (Å²) in [7, 11) is 0.139. The summed E-state index contributed by atoms with van der Waals surface area (Å²) in [6.07, 6.45) is 0. The number of hydrogen-bond acceptors (Lipinski definition) is 6. The molecule has 2 N–H and O–H groups in total. The maximum absolute atomic E-state index is 12.8. The van der Waals surface area contributed by atoms with Gasteiger partial charge in [-0.15, -0.1) is 0 Å². The molecule has 1 amide bonds. The van der Waals surface area contributed by atoms with Gasteiger partial charge in [0.2, 0.25) is 16.8 Å². The zero-order chi connectivity index (χ0) is 22.6. The zero-order valence-corrected chi connectivity index (χ0v) is 19.0. The van der Waals surface area contributed by atoms with Crippen LogP contribution in [-0.2, 0) is 16.6 Å². The molecule has 0 saturated heterocycles. The fourth-order valence-electron chi connectivity index (χ4n) is 3.43. The van der Waals surface area contributed by atoms with Gasteiger partial charge in [0.15, 0.2) is 11.5 Å². The number of rotatable bonds is 9. The van der Waals surface area contributed by atoms with Crippen LogP contribution < -0.4 is 19.5 Å². The third-order valence-electron chi connectivity index (χ3n) is 5.21. The van der Waals surface area contributed by atoms with E-state index in [-0.39, 0.29) is 30.2 Å². The minimum Gasteiger partial charge on any atom is -0.454 e. The molecule has 2 aromatic rings. The van der Waals surface area contributed by atoms with Crippen molar-refractivity contribution in [3.63, 3.8) is 0 Å². The highest BCUT2D eigenvalue weighted by Crippen LogP contribution is 2.32. The zero-order valence-electron chi connectivity index (χ0n) is 18.2. The second kappa shape index (κ2) is 9.67. The van der Waals surface area contributed by atoms with Crippen molar-refractivity contribution in [1.29, 1.82) is 0 Å². The molecular formula is C22H29N3O5S. The summed E-state index contributed by atoms with van der Waals surface area (Å²) in [6.45, 7) is 4.91. The first-order valence-corrected chi connectivity index (χ1v) is 11.6. The second-order valence-electron chi connectivity index (χ2n) is 8.02. The Morgan fingerprint density at radius 3 is 2.55 bits per heavy atom. The third kappa shape index (κ3) is 5.75. The molecule has 1 unspecified atom stereocenters. The number of nitrogens with zero attached hydrogens (tertiary/aromatic N) is 1. The first-order chi connectivity index (χ1) is 14.7. The predicted octanol–water partition coefficient (Wildman–Crippen LogP) is 2.21. The molecule has 31 heavy (non-hydrogen) atoms. The topological polar surface area (TPSA) is 97.0 Å². The fourth-order valence-corrected chi connectivity index (χ4v) is 4.49. The van der Waals surface area contributed by atoms with Crippen molar-refractivity contribution in [3.8, 4) is 11.5 Å². The average Bonchev–Trinajstić information content (AvgIpc) is 3.20. The lowest BCUT2D eigenvalue weighted by Crippen LogP contribution is -2.43. The van der Waals surface area contributed by atoms with Crippen LogP contribution in [0.3, 0.4) is 0 Å². The molecule has 8 nitrogen and oxygen atoms in total. The minimum absolute atomic E-state index is 0.0360. The normalized spacial score (nSPS) is 14.1. The van der Waals surface area contributed by atoms with Gasteiger partial charge in [-0.3, -0.25) is 4.79 Å². The molecule has 0 aromatic heterocycles. The number of ether oxygens (including phenoxy) is 2. The standard InChI is InChI=1S/C22H29N3O5S/c1-15(2)19(25(3)4)13-23-22(26)17-6-5-7-18(11-17)31(27,28)24-12-16-8-9-20-21(10-16)30-14-29-20/h5-11,15,19,24H,12-14H2,1-4H3,(H,23,26). The van der Waals surface area contributed by atoms with E-state index in [0.29, 0.717) is 29.5 Å². The van der Waals surface area contributed by atoms with Crippen LogP contribution in [0.1, 0.15) is 29.8 Å². The van der Waals surface area contributed by atoms with Crippen LogP contribution in [0, 0.1) is 5.92 Å². The summed E-state index contributed by atoms with van der Waals surface area (Å²) < 4.78 is 38.7. The Hall–Kier alpha value is -2.62. The minimum atomic E-state index is -3.80. The van der Waals surface area contributed by atoms with Crippen molar-refractivity contribution >= 4 is 15.9 Å². The summed E-state index contributed by atoms with van der Waals surface area (Å²) in [5, 5.41) is 2.90. The molecule has 1 aliphatic rings. The van der Waals surface area contributed by atoms with Crippen LogP contribution in [0.4, 0.5) is 0 Å². The summed E-state index contributed by atoms with van der Waals surface area (Å²) in [6, 6.07) is 11.5. The number of nitrogens with one attached hydrogen (secondary N) is 2. The van der Waals surface area contributed by atoms with Crippen LogP contribution in [0.2, 0.25) is 0 Å². The lowest BCUT2D eigenvalue weighted by atomic mass is 10.0. The maximum Gasteiger partial charge on any atom is 0.251 e.